The number of benzene rings is 1. The largest absolute Gasteiger partial charge is 0.326 e. The topological polar surface area (TPSA) is 58.4 Å². The first-order valence-corrected chi connectivity index (χ1v) is 7.02. The average molecular weight is 261 g/mol. The Morgan fingerprint density at radius 1 is 1.42 bits per heavy atom. The second-order valence-corrected chi connectivity index (χ2v) is 5.23. The summed E-state index contributed by atoms with van der Waals surface area (Å²) >= 11 is 0. The van der Waals surface area contributed by atoms with Crippen LogP contribution in [0.1, 0.15) is 31.7 Å². The van der Waals surface area contributed by atoms with Crippen LogP contribution in [0.15, 0.2) is 24.3 Å². The Labute approximate surface area is 115 Å². The number of anilines is 1. The lowest BCUT2D eigenvalue weighted by Crippen LogP contribution is -2.30. The van der Waals surface area contributed by atoms with Gasteiger partial charge >= 0.3 is 0 Å². The van der Waals surface area contributed by atoms with E-state index in [1.54, 1.807) is 0 Å². The Morgan fingerprint density at radius 3 is 2.74 bits per heavy atom. The van der Waals surface area contributed by atoms with Crippen molar-refractivity contribution in [3.8, 4) is 0 Å². The minimum atomic E-state index is 0.0830. The fourth-order valence-electron chi connectivity index (χ4n) is 2.52. The minimum Gasteiger partial charge on any atom is -0.326 e. The number of rotatable bonds is 5. The van der Waals surface area contributed by atoms with E-state index in [4.69, 9.17) is 5.73 Å². The molecule has 104 valence electrons. The van der Waals surface area contributed by atoms with Crippen molar-refractivity contribution in [1.82, 2.24) is 4.90 Å². The molecule has 1 aliphatic rings. The predicted octanol–water partition coefficient (Wildman–Crippen LogP) is 1.96. The molecule has 1 amide bonds. The van der Waals surface area contributed by atoms with Gasteiger partial charge in [0.05, 0.1) is 0 Å². The van der Waals surface area contributed by atoms with E-state index in [1.165, 1.54) is 12.8 Å². The summed E-state index contributed by atoms with van der Waals surface area (Å²) in [5, 5.41) is 2.93. The number of amides is 1. The van der Waals surface area contributed by atoms with Gasteiger partial charge in [0, 0.05) is 31.2 Å². The molecule has 0 spiro atoms. The molecule has 0 radical (unpaired) electrons. The Bertz CT molecular complexity index is 416. The smallest absolute Gasteiger partial charge is 0.225 e. The number of nitrogens with one attached hydrogen (secondary N) is 1. The van der Waals surface area contributed by atoms with Gasteiger partial charge in [0.2, 0.25) is 5.91 Å². The van der Waals surface area contributed by atoms with Crippen LogP contribution < -0.4 is 11.1 Å². The van der Waals surface area contributed by atoms with E-state index >= 15 is 0 Å². The fraction of sp³-hybridized carbons (Fsp3) is 0.533. The van der Waals surface area contributed by atoms with Crippen LogP contribution in [0.3, 0.4) is 0 Å². The molecule has 1 aliphatic heterocycles. The van der Waals surface area contributed by atoms with E-state index in [0.29, 0.717) is 19.0 Å². The third kappa shape index (κ3) is 4.04. The molecule has 19 heavy (non-hydrogen) atoms. The molecular weight excluding hydrogens is 238 g/mol. The predicted molar refractivity (Wildman–Crippen MR) is 77.8 cm³/mol. The van der Waals surface area contributed by atoms with E-state index in [0.717, 1.165) is 24.3 Å². The zero-order valence-corrected chi connectivity index (χ0v) is 11.6. The molecule has 1 fully saturated rings. The van der Waals surface area contributed by atoms with E-state index in [9.17, 15) is 4.79 Å². The van der Waals surface area contributed by atoms with Crippen molar-refractivity contribution in [3.63, 3.8) is 0 Å². The second-order valence-electron chi connectivity index (χ2n) is 5.23. The van der Waals surface area contributed by atoms with Crippen LogP contribution in [0.4, 0.5) is 5.69 Å². The third-order valence-corrected chi connectivity index (χ3v) is 3.79. The quantitative estimate of drug-likeness (QED) is 0.852. The summed E-state index contributed by atoms with van der Waals surface area (Å²) in [5.41, 5.74) is 7.46. The molecule has 1 heterocycles. The van der Waals surface area contributed by atoms with Crippen molar-refractivity contribution in [2.45, 2.75) is 38.8 Å². The number of hydrogen-bond acceptors (Lipinski definition) is 3. The van der Waals surface area contributed by atoms with Gasteiger partial charge in [0.1, 0.15) is 0 Å². The number of carbonyl (C=O) groups excluding carboxylic acids is 1. The molecular formula is C15H23N3O. The van der Waals surface area contributed by atoms with Crippen molar-refractivity contribution >= 4 is 11.6 Å². The highest BCUT2D eigenvalue weighted by atomic mass is 16.1. The minimum absolute atomic E-state index is 0.0830. The van der Waals surface area contributed by atoms with Gasteiger partial charge in [-0.2, -0.15) is 0 Å². The first-order valence-electron chi connectivity index (χ1n) is 7.02. The summed E-state index contributed by atoms with van der Waals surface area (Å²) in [5.74, 6) is 0.0830. The number of nitrogens with zero attached hydrogens (tertiary/aromatic N) is 1. The van der Waals surface area contributed by atoms with Crippen molar-refractivity contribution in [2.75, 3.05) is 18.4 Å². The van der Waals surface area contributed by atoms with Gasteiger partial charge in [0.15, 0.2) is 0 Å². The monoisotopic (exact) mass is 261 g/mol. The maximum absolute atomic E-state index is 11.9. The second kappa shape index (κ2) is 6.68. The van der Waals surface area contributed by atoms with E-state index in [2.05, 4.69) is 17.1 Å². The molecule has 3 N–H and O–H groups in total. The lowest BCUT2D eigenvalue weighted by molar-refractivity contribution is -0.116. The molecule has 1 aromatic rings. The fourth-order valence-corrected chi connectivity index (χ4v) is 2.52. The van der Waals surface area contributed by atoms with Crippen LogP contribution in [-0.4, -0.2) is 29.9 Å². The van der Waals surface area contributed by atoms with Crippen LogP contribution in [0.2, 0.25) is 0 Å². The van der Waals surface area contributed by atoms with Gasteiger partial charge in [-0.15, -0.1) is 0 Å². The van der Waals surface area contributed by atoms with E-state index in [1.807, 2.05) is 24.3 Å². The molecule has 4 nitrogen and oxygen atoms in total. The van der Waals surface area contributed by atoms with Gasteiger partial charge < -0.3 is 16.0 Å². The van der Waals surface area contributed by atoms with Crippen LogP contribution in [0.25, 0.3) is 0 Å². The van der Waals surface area contributed by atoms with Crippen molar-refractivity contribution in [3.05, 3.63) is 29.8 Å². The summed E-state index contributed by atoms with van der Waals surface area (Å²) in [6.07, 6.45) is 3.06. The highest BCUT2D eigenvalue weighted by molar-refractivity contribution is 5.90. The molecule has 0 aromatic heterocycles. The lowest BCUT2D eigenvalue weighted by atomic mass is 10.2. The Morgan fingerprint density at radius 2 is 2.16 bits per heavy atom. The number of carbonyl (C=O) groups is 1. The number of likely N-dealkylation sites (tertiary alicyclic amines) is 1. The van der Waals surface area contributed by atoms with Gasteiger partial charge in [-0.25, -0.2) is 0 Å². The van der Waals surface area contributed by atoms with Gasteiger partial charge in [-0.1, -0.05) is 12.1 Å². The molecule has 2 rings (SSSR count). The molecule has 0 bridgehead atoms. The first-order chi connectivity index (χ1) is 9.19. The molecule has 4 heteroatoms. The molecule has 1 atom stereocenters. The first kappa shape index (κ1) is 14.0. The van der Waals surface area contributed by atoms with Crippen LogP contribution >= 0.6 is 0 Å². The molecule has 1 unspecified atom stereocenters. The molecule has 1 aromatic carbocycles. The summed E-state index contributed by atoms with van der Waals surface area (Å²) in [4.78, 5) is 14.3. The normalized spacial score (nSPS) is 19.6. The average Bonchev–Trinajstić information content (AvgIpc) is 2.83. The summed E-state index contributed by atoms with van der Waals surface area (Å²) in [7, 11) is 0. The summed E-state index contributed by atoms with van der Waals surface area (Å²) < 4.78 is 0. The lowest BCUT2D eigenvalue weighted by Gasteiger charge is -2.20. The van der Waals surface area contributed by atoms with Gasteiger partial charge in [-0.05, 0) is 44.0 Å². The van der Waals surface area contributed by atoms with Gasteiger partial charge in [-0.3, -0.25) is 4.79 Å². The highest BCUT2D eigenvalue weighted by Crippen LogP contribution is 2.16. The van der Waals surface area contributed by atoms with Crippen LogP contribution in [0.5, 0.6) is 0 Å². The Kier molecular flexibility index (Phi) is 4.93. The maximum atomic E-state index is 11.9. The van der Waals surface area contributed by atoms with Crippen LogP contribution in [0, 0.1) is 0 Å². The number of hydrogen-bond donors (Lipinski definition) is 2. The summed E-state index contributed by atoms with van der Waals surface area (Å²) in [6, 6.07) is 8.31. The molecule has 0 aliphatic carbocycles. The number of nitrogens with two attached hydrogens (primary N) is 1. The van der Waals surface area contributed by atoms with Crippen LogP contribution in [-0.2, 0) is 11.3 Å². The van der Waals surface area contributed by atoms with Crippen molar-refractivity contribution in [1.29, 1.82) is 0 Å². The Balaban J connectivity index is 1.77. The zero-order chi connectivity index (χ0) is 13.7. The highest BCUT2D eigenvalue weighted by Gasteiger charge is 2.20. The van der Waals surface area contributed by atoms with Crippen molar-refractivity contribution < 1.29 is 4.79 Å². The van der Waals surface area contributed by atoms with Gasteiger partial charge in [0.25, 0.3) is 0 Å². The summed E-state index contributed by atoms with van der Waals surface area (Å²) in [6.45, 7) is 4.74. The standard InChI is InChI=1S/C15H23N3O/c1-12-3-2-9-18(12)10-8-15(19)17-14-6-4-13(11-16)5-7-14/h4-7,12H,2-3,8-11,16H2,1H3,(H,17,19). The zero-order valence-electron chi connectivity index (χ0n) is 11.6. The maximum Gasteiger partial charge on any atom is 0.225 e. The van der Waals surface area contributed by atoms with E-state index < -0.39 is 0 Å². The third-order valence-electron chi connectivity index (χ3n) is 3.79. The Hall–Kier alpha value is -1.39. The van der Waals surface area contributed by atoms with Crippen molar-refractivity contribution in [2.24, 2.45) is 5.73 Å². The SMILES string of the molecule is CC1CCCN1CCC(=O)Nc1ccc(CN)cc1. The van der Waals surface area contributed by atoms with E-state index in [-0.39, 0.29) is 5.91 Å². The molecule has 0 saturated carbocycles. The molecule has 1 saturated heterocycles.